The summed E-state index contributed by atoms with van der Waals surface area (Å²) in [5.41, 5.74) is 3.90. The maximum atomic E-state index is 12.8. The number of nitrogens with zero attached hydrogens (tertiary/aromatic N) is 1. The van der Waals surface area contributed by atoms with Gasteiger partial charge in [0.25, 0.3) is 0 Å². The number of aromatic amines is 1. The predicted octanol–water partition coefficient (Wildman–Crippen LogP) is 4.21. The highest BCUT2D eigenvalue weighted by atomic mass is 16.5. The van der Waals surface area contributed by atoms with Gasteiger partial charge in [0.1, 0.15) is 11.6 Å². The molecule has 4 rings (SSSR count). The van der Waals surface area contributed by atoms with Crippen LogP contribution in [0.5, 0.6) is 5.75 Å². The molecule has 5 heteroatoms. The number of ether oxygens (including phenoxy) is 1. The average molecular weight is 385 g/mol. The van der Waals surface area contributed by atoms with E-state index in [1.807, 2.05) is 66.7 Å². The summed E-state index contributed by atoms with van der Waals surface area (Å²) in [4.78, 5) is 20.9. The molecule has 2 N–H and O–H groups in total. The summed E-state index contributed by atoms with van der Waals surface area (Å²) < 4.78 is 5.25. The van der Waals surface area contributed by atoms with Gasteiger partial charge in [0.05, 0.1) is 30.6 Å². The second kappa shape index (κ2) is 8.61. The van der Waals surface area contributed by atoms with Crippen molar-refractivity contribution < 1.29 is 9.53 Å². The highest BCUT2D eigenvalue weighted by Gasteiger charge is 2.19. The molecule has 0 spiro atoms. The Morgan fingerprint density at radius 2 is 1.76 bits per heavy atom. The molecule has 1 heterocycles. The third kappa shape index (κ3) is 4.63. The highest BCUT2D eigenvalue weighted by molar-refractivity contribution is 5.79. The predicted molar refractivity (Wildman–Crippen MR) is 114 cm³/mol. The highest BCUT2D eigenvalue weighted by Crippen LogP contribution is 2.20. The molecule has 1 atom stereocenters. The topological polar surface area (TPSA) is 67.0 Å². The van der Waals surface area contributed by atoms with E-state index >= 15 is 0 Å². The number of carbonyl (C=O) groups is 1. The van der Waals surface area contributed by atoms with E-state index in [0.717, 1.165) is 33.7 Å². The van der Waals surface area contributed by atoms with E-state index in [2.05, 4.69) is 22.4 Å². The Labute approximate surface area is 169 Å². The Balaban J connectivity index is 1.56. The van der Waals surface area contributed by atoms with Gasteiger partial charge in [-0.05, 0) is 41.8 Å². The minimum Gasteiger partial charge on any atom is -0.497 e. The zero-order chi connectivity index (χ0) is 20.1. The second-order valence-corrected chi connectivity index (χ2v) is 6.98. The van der Waals surface area contributed by atoms with Crippen LogP contribution in [0, 0.1) is 0 Å². The molecule has 29 heavy (non-hydrogen) atoms. The van der Waals surface area contributed by atoms with Crippen LogP contribution in [0.4, 0.5) is 0 Å². The maximum Gasteiger partial charge on any atom is 0.225 e. The van der Waals surface area contributed by atoms with Crippen LogP contribution in [0.1, 0.15) is 23.0 Å². The SMILES string of the molecule is COc1cccc(CC(=O)N[C@@H](Cc2ccccc2)c2nc3ccccc3[nH]2)c1. The Hall–Kier alpha value is -3.60. The van der Waals surface area contributed by atoms with Crippen molar-refractivity contribution >= 4 is 16.9 Å². The summed E-state index contributed by atoms with van der Waals surface area (Å²) in [6.45, 7) is 0. The third-order valence-electron chi connectivity index (χ3n) is 4.85. The first-order valence-corrected chi connectivity index (χ1v) is 9.62. The van der Waals surface area contributed by atoms with Gasteiger partial charge in [-0.25, -0.2) is 4.98 Å². The number of H-pyrrole nitrogens is 1. The lowest BCUT2D eigenvalue weighted by molar-refractivity contribution is -0.121. The first-order valence-electron chi connectivity index (χ1n) is 9.62. The lowest BCUT2D eigenvalue weighted by Gasteiger charge is -2.17. The molecule has 0 fully saturated rings. The van der Waals surface area contributed by atoms with Crippen molar-refractivity contribution in [1.29, 1.82) is 0 Å². The molecule has 1 aromatic heterocycles. The van der Waals surface area contributed by atoms with E-state index in [4.69, 9.17) is 9.72 Å². The summed E-state index contributed by atoms with van der Waals surface area (Å²) >= 11 is 0. The van der Waals surface area contributed by atoms with Gasteiger partial charge in [-0.2, -0.15) is 0 Å². The molecule has 0 aliphatic rings. The van der Waals surface area contributed by atoms with E-state index in [1.165, 1.54) is 0 Å². The fourth-order valence-electron chi connectivity index (χ4n) is 3.42. The average Bonchev–Trinajstić information content (AvgIpc) is 3.18. The molecule has 0 aliphatic heterocycles. The molecule has 0 bridgehead atoms. The van der Waals surface area contributed by atoms with Crippen LogP contribution in [-0.2, 0) is 17.6 Å². The quantitative estimate of drug-likeness (QED) is 0.501. The van der Waals surface area contributed by atoms with Crippen LogP contribution in [-0.4, -0.2) is 23.0 Å². The lowest BCUT2D eigenvalue weighted by Crippen LogP contribution is -2.32. The van der Waals surface area contributed by atoms with Crippen molar-refractivity contribution in [2.75, 3.05) is 7.11 Å². The van der Waals surface area contributed by atoms with Gasteiger partial charge in [-0.15, -0.1) is 0 Å². The molecule has 146 valence electrons. The van der Waals surface area contributed by atoms with Crippen molar-refractivity contribution in [3.05, 3.63) is 95.8 Å². The van der Waals surface area contributed by atoms with E-state index in [9.17, 15) is 4.79 Å². The number of hydrogen-bond donors (Lipinski definition) is 2. The molecule has 0 aliphatic carbocycles. The van der Waals surface area contributed by atoms with Gasteiger partial charge in [-0.1, -0.05) is 54.6 Å². The van der Waals surface area contributed by atoms with Gasteiger partial charge in [0.2, 0.25) is 5.91 Å². The van der Waals surface area contributed by atoms with Crippen molar-refractivity contribution in [3.8, 4) is 5.75 Å². The maximum absolute atomic E-state index is 12.8. The van der Waals surface area contributed by atoms with Gasteiger partial charge in [0, 0.05) is 0 Å². The minimum atomic E-state index is -0.247. The third-order valence-corrected chi connectivity index (χ3v) is 4.85. The van der Waals surface area contributed by atoms with Crippen LogP contribution < -0.4 is 10.1 Å². The number of carbonyl (C=O) groups excluding carboxylic acids is 1. The molecule has 0 unspecified atom stereocenters. The van der Waals surface area contributed by atoms with Crippen LogP contribution in [0.2, 0.25) is 0 Å². The molecular formula is C24H23N3O2. The summed E-state index contributed by atoms with van der Waals surface area (Å²) in [7, 11) is 1.62. The normalized spacial score (nSPS) is 11.9. The summed E-state index contributed by atoms with van der Waals surface area (Å²) in [6, 6.07) is 25.3. The summed E-state index contributed by atoms with van der Waals surface area (Å²) in [6.07, 6.45) is 0.938. The molecule has 5 nitrogen and oxygen atoms in total. The fourth-order valence-corrected chi connectivity index (χ4v) is 3.42. The molecule has 0 saturated heterocycles. The summed E-state index contributed by atoms with van der Waals surface area (Å²) in [5.74, 6) is 1.45. The van der Waals surface area contributed by atoms with Crippen molar-refractivity contribution in [3.63, 3.8) is 0 Å². The molecule has 1 amide bonds. The van der Waals surface area contributed by atoms with E-state index < -0.39 is 0 Å². The standard InChI is InChI=1S/C24H23N3O2/c1-29-19-11-7-10-18(14-19)16-23(28)25-22(15-17-8-3-2-4-9-17)24-26-20-12-5-6-13-21(20)27-24/h2-14,22H,15-16H2,1H3,(H,25,28)(H,26,27)/t22-/m0/s1. The molecule has 0 radical (unpaired) electrons. The Kier molecular flexibility index (Phi) is 5.56. The second-order valence-electron chi connectivity index (χ2n) is 6.98. The van der Waals surface area contributed by atoms with Gasteiger partial charge in [-0.3, -0.25) is 4.79 Å². The zero-order valence-electron chi connectivity index (χ0n) is 16.3. The number of hydrogen-bond acceptors (Lipinski definition) is 3. The van der Waals surface area contributed by atoms with Crippen molar-refractivity contribution in [1.82, 2.24) is 15.3 Å². The lowest BCUT2D eigenvalue weighted by atomic mass is 10.0. The number of aromatic nitrogens is 2. The number of imidazole rings is 1. The number of para-hydroxylation sites is 2. The van der Waals surface area contributed by atoms with E-state index in [1.54, 1.807) is 7.11 Å². The molecule has 3 aromatic carbocycles. The van der Waals surface area contributed by atoms with Crippen molar-refractivity contribution in [2.45, 2.75) is 18.9 Å². The minimum absolute atomic E-state index is 0.0559. The number of fused-ring (bicyclic) bond motifs is 1. The first-order chi connectivity index (χ1) is 14.2. The fraction of sp³-hybridized carbons (Fsp3) is 0.167. The largest absolute Gasteiger partial charge is 0.497 e. The van der Waals surface area contributed by atoms with Gasteiger partial charge < -0.3 is 15.0 Å². The number of nitrogens with one attached hydrogen (secondary N) is 2. The number of methoxy groups -OCH3 is 1. The molecule has 0 saturated carbocycles. The summed E-state index contributed by atoms with van der Waals surface area (Å²) in [5, 5.41) is 3.16. The first kappa shape index (κ1) is 18.7. The van der Waals surface area contributed by atoms with Gasteiger partial charge in [0.15, 0.2) is 0 Å². The smallest absolute Gasteiger partial charge is 0.225 e. The number of rotatable bonds is 7. The number of benzene rings is 3. The number of amides is 1. The van der Waals surface area contributed by atoms with E-state index in [-0.39, 0.29) is 18.4 Å². The molecular weight excluding hydrogens is 362 g/mol. The van der Waals surface area contributed by atoms with Crippen LogP contribution in [0.15, 0.2) is 78.9 Å². The monoisotopic (exact) mass is 385 g/mol. The van der Waals surface area contributed by atoms with E-state index in [0.29, 0.717) is 6.42 Å². The van der Waals surface area contributed by atoms with Crippen molar-refractivity contribution in [2.24, 2.45) is 0 Å². The molecule has 4 aromatic rings. The van der Waals surface area contributed by atoms with Gasteiger partial charge >= 0.3 is 0 Å². The Bertz CT molecular complexity index is 1070. The Morgan fingerprint density at radius 3 is 2.55 bits per heavy atom. The van der Waals surface area contributed by atoms with Crippen LogP contribution >= 0.6 is 0 Å². The Morgan fingerprint density at radius 1 is 1.00 bits per heavy atom. The zero-order valence-corrected chi connectivity index (χ0v) is 16.3. The van der Waals surface area contributed by atoms with Crippen LogP contribution in [0.3, 0.4) is 0 Å². The van der Waals surface area contributed by atoms with Crippen LogP contribution in [0.25, 0.3) is 11.0 Å².